The molecule has 3 rings (SSSR count). The van der Waals surface area contributed by atoms with E-state index >= 15 is 0 Å². The molecule has 0 radical (unpaired) electrons. The van der Waals surface area contributed by atoms with Crippen molar-refractivity contribution in [2.24, 2.45) is 0 Å². The SMILES string of the molecule is OB(O)c1cc2cc(N3CCCCC3)ccc2o1. The Kier molecular flexibility index (Phi) is 3.01. The second kappa shape index (κ2) is 4.67. The summed E-state index contributed by atoms with van der Waals surface area (Å²) in [6.45, 7) is 2.19. The average Bonchev–Trinajstić information content (AvgIpc) is 2.82. The molecule has 0 atom stereocenters. The van der Waals surface area contributed by atoms with E-state index in [1.54, 1.807) is 6.07 Å². The van der Waals surface area contributed by atoms with Crippen molar-refractivity contribution in [2.75, 3.05) is 18.0 Å². The van der Waals surface area contributed by atoms with Gasteiger partial charge in [-0.25, -0.2) is 0 Å². The Morgan fingerprint density at radius 1 is 1.06 bits per heavy atom. The normalized spacial score (nSPS) is 16.2. The van der Waals surface area contributed by atoms with E-state index in [2.05, 4.69) is 11.0 Å². The molecule has 1 aliphatic heterocycles. The van der Waals surface area contributed by atoms with Crippen molar-refractivity contribution >= 4 is 29.4 Å². The number of anilines is 1. The summed E-state index contributed by atoms with van der Waals surface area (Å²) >= 11 is 0. The summed E-state index contributed by atoms with van der Waals surface area (Å²) in [5.41, 5.74) is 2.07. The summed E-state index contributed by atoms with van der Waals surface area (Å²) in [5.74, 6) is 0. The van der Waals surface area contributed by atoms with Gasteiger partial charge in [-0.1, -0.05) is 0 Å². The quantitative estimate of drug-likeness (QED) is 0.778. The summed E-state index contributed by atoms with van der Waals surface area (Å²) in [6, 6.07) is 7.67. The molecule has 2 heterocycles. The first-order valence-electron chi connectivity index (χ1n) is 6.38. The molecule has 1 aliphatic rings. The molecule has 1 saturated heterocycles. The van der Waals surface area contributed by atoms with Gasteiger partial charge in [-0.05, 0) is 43.5 Å². The van der Waals surface area contributed by atoms with Gasteiger partial charge < -0.3 is 19.4 Å². The second-order valence-electron chi connectivity index (χ2n) is 4.79. The minimum atomic E-state index is -1.55. The summed E-state index contributed by atoms with van der Waals surface area (Å²) in [7, 11) is -1.55. The molecule has 5 heteroatoms. The van der Waals surface area contributed by atoms with Crippen molar-refractivity contribution in [1.82, 2.24) is 0 Å². The standard InChI is InChI=1S/C13H16BNO3/c16-14(17)13-9-10-8-11(4-5-12(10)18-13)15-6-2-1-3-7-15/h4-5,8-9,16-17H,1-3,6-7H2. The lowest BCUT2D eigenvalue weighted by Gasteiger charge is -2.28. The van der Waals surface area contributed by atoms with Crippen LogP contribution in [0.1, 0.15) is 19.3 Å². The molecule has 0 amide bonds. The minimum Gasteiger partial charge on any atom is -0.465 e. The van der Waals surface area contributed by atoms with Gasteiger partial charge in [0, 0.05) is 24.2 Å². The van der Waals surface area contributed by atoms with Crippen LogP contribution in [0, 0.1) is 0 Å². The molecule has 1 aromatic carbocycles. The van der Waals surface area contributed by atoms with Gasteiger partial charge in [0.15, 0.2) is 0 Å². The van der Waals surface area contributed by atoms with E-state index in [1.165, 1.54) is 24.9 Å². The summed E-state index contributed by atoms with van der Waals surface area (Å²) < 4.78 is 5.35. The highest BCUT2D eigenvalue weighted by Crippen LogP contribution is 2.24. The predicted octanol–water partition coefficient (Wildman–Crippen LogP) is 1.10. The van der Waals surface area contributed by atoms with Gasteiger partial charge in [0.2, 0.25) is 0 Å². The third-order valence-electron chi connectivity index (χ3n) is 3.49. The summed E-state index contributed by atoms with van der Waals surface area (Å²) in [6.07, 6.45) is 3.79. The fourth-order valence-electron chi connectivity index (χ4n) is 2.53. The largest absolute Gasteiger partial charge is 0.526 e. The van der Waals surface area contributed by atoms with Crippen molar-refractivity contribution < 1.29 is 14.5 Å². The van der Waals surface area contributed by atoms with Crippen molar-refractivity contribution in [1.29, 1.82) is 0 Å². The third-order valence-corrected chi connectivity index (χ3v) is 3.49. The molecular weight excluding hydrogens is 229 g/mol. The zero-order valence-electron chi connectivity index (χ0n) is 10.2. The first kappa shape index (κ1) is 11.6. The van der Waals surface area contributed by atoms with Gasteiger partial charge in [-0.3, -0.25) is 0 Å². The number of piperidine rings is 1. The fraction of sp³-hybridized carbons (Fsp3) is 0.385. The second-order valence-corrected chi connectivity index (χ2v) is 4.79. The highest BCUT2D eigenvalue weighted by Gasteiger charge is 2.18. The maximum atomic E-state index is 9.09. The van der Waals surface area contributed by atoms with Gasteiger partial charge in [0.25, 0.3) is 0 Å². The van der Waals surface area contributed by atoms with Crippen molar-refractivity contribution in [3.63, 3.8) is 0 Å². The first-order chi connectivity index (χ1) is 8.74. The number of nitrogens with zero attached hydrogens (tertiary/aromatic N) is 1. The predicted molar refractivity (Wildman–Crippen MR) is 72.1 cm³/mol. The van der Waals surface area contributed by atoms with Crippen molar-refractivity contribution in [3.8, 4) is 0 Å². The highest BCUT2D eigenvalue weighted by atomic mass is 16.4. The summed E-state index contributed by atoms with van der Waals surface area (Å²) in [5, 5.41) is 19.1. The molecule has 2 N–H and O–H groups in total. The van der Waals surface area contributed by atoms with E-state index in [-0.39, 0.29) is 5.66 Å². The van der Waals surface area contributed by atoms with Crippen LogP contribution in [0.5, 0.6) is 0 Å². The van der Waals surface area contributed by atoms with Crippen molar-refractivity contribution in [2.45, 2.75) is 19.3 Å². The van der Waals surface area contributed by atoms with Gasteiger partial charge in [-0.2, -0.15) is 0 Å². The van der Waals surface area contributed by atoms with Crippen LogP contribution in [0.3, 0.4) is 0 Å². The van der Waals surface area contributed by atoms with Crippen LogP contribution in [-0.2, 0) is 0 Å². The molecule has 4 nitrogen and oxygen atoms in total. The summed E-state index contributed by atoms with van der Waals surface area (Å²) in [4.78, 5) is 2.37. The lowest BCUT2D eigenvalue weighted by atomic mass is 9.88. The Morgan fingerprint density at radius 2 is 1.83 bits per heavy atom. The van der Waals surface area contributed by atoms with E-state index in [9.17, 15) is 0 Å². The Bertz CT molecular complexity index is 546. The van der Waals surface area contributed by atoms with Crippen LogP contribution in [0.4, 0.5) is 5.69 Å². The van der Waals surface area contributed by atoms with E-state index in [1.807, 2.05) is 12.1 Å². The van der Waals surface area contributed by atoms with E-state index < -0.39 is 7.12 Å². The molecule has 0 aliphatic carbocycles. The van der Waals surface area contributed by atoms with E-state index in [0.717, 1.165) is 18.5 Å². The van der Waals surface area contributed by atoms with Gasteiger partial charge in [-0.15, -0.1) is 0 Å². The molecule has 2 aromatic rings. The Balaban J connectivity index is 1.94. The molecule has 18 heavy (non-hydrogen) atoms. The molecule has 0 spiro atoms. The lowest BCUT2D eigenvalue weighted by molar-refractivity contribution is 0.412. The van der Waals surface area contributed by atoms with Gasteiger partial charge in [0.1, 0.15) is 11.2 Å². The lowest BCUT2D eigenvalue weighted by Crippen LogP contribution is -2.29. The average molecular weight is 245 g/mol. The van der Waals surface area contributed by atoms with Crippen LogP contribution in [0.25, 0.3) is 11.0 Å². The smallest absolute Gasteiger partial charge is 0.465 e. The number of hydrogen-bond acceptors (Lipinski definition) is 4. The Hall–Kier alpha value is -1.46. The fourth-order valence-corrected chi connectivity index (χ4v) is 2.53. The minimum absolute atomic E-state index is 0.195. The number of hydrogen-bond donors (Lipinski definition) is 2. The molecule has 0 bridgehead atoms. The number of fused-ring (bicyclic) bond motifs is 1. The van der Waals surface area contributed by atoms with Crippen LogP contribution >= 0.6 is 0 Å². The number of rotatable bonds is 2. The Labute approximate surface area is 106 Å². The van der Waals surface area contributed by atoms with Crippen LogP contribution in [0.2, 0.25) is 0 Å². The van der Waals surface area contributed by atoms with Crippen LogP contribution < -0.4 is 10.6 Å². The highest BCUT2D eigenvalue weighted by molar-refractivity contribution is 6.57. The molecule has 1 fully saturated rings. The van der Waals surface area contributed by atoms with Gasteiger partial charge in [0.05, 0.1) is 0 Å². The molecular formula is C13H16BNO3. The zero-order chi connectivity index (χ0) is 12.5. The molecule has 0 unspecified atom stereocenters. The van der Waals surface area contributed by atoms with Crippen LogP contribution in [-0.4, -0.2) is 30.3 Å². The van der Waals surface area contributed by atoms with E-state index in [0.29, 0.717) is 5.58 Å². The zero-order valence-corrected chi connectivity index (χ0v) is 10.2. The monoisotopic (exact) mass is 245 g/mol. The maximum Gasteiger partial charge on any atom is 0.526 e. The number of furan rings is 1. The van der Waals surface area contributed by atoms with Gasteiger partial charge >= 0.3 is 7.12 Å². The maximum absolute atomic E-state index is 9.09. The third kappa shape index (κ3) is 2.11. The molecule has 0 saturated carbocycles. The van der Waals surface area contributed by atoms with E-state index in [4.69, 9.17) is 14.5 Å². The number of benzene rings is 1. The topological polar surface area (TPSA) is 56.8 Å². The Morgan fingerprint density at radius 3 is 2.56 bits per heavy atom. The molecule has 94 valence electrons. The van der Waals surface area contributed by atoms with Crippen molar-refractivity contribution in [3.05, 3.63) is 24.3 Å². The first-order valence-corrected chi connectivity index (χ1v) is 6.38. The molecule has 1 aromatic heterocycles. The van der Waals surface area contributed by atoms with Crippen LogP contribution in [0.15, 0.2) is 28.7 Å².